The molecule has 1 rings (SSSR count). The van der Waals surface area contributed by atoms with Gasteiger partial charge in [-0.25, -0.2) is 0 Å². The first-order chi connectivity index (χ1) is 8.09. The molecular weight excluding hydrogens is 216 g/mol. The van der Waals surface area contributed by atoms with E-state index < -0.39 is 12.2 Å². The molecule has 1 aromatic carbocycles. The van der Waals surface area contributed by atoms with Crippen molar-refractivity contribution in [1.29, 1.82) is 0 Å². The van der Waals surface area contributed by atoms with Gasteiger partial charge in [-0.2, -0.15) is 0 Å². The molecule has 2 unspecified atom stereocenters. The smallest absolute Gasteiger partial charge is 0.0914 e. The summed E-state index contributed by atoms with van der Waals surface area (Å²) in [6.45, 7) is 1.56. The third kappa shape index (κ3) is 5.79. The van der Waals surface area contributed by atoms with Crippen LogP contribution in [0.2, 0.25) is 0 Å². The van der Waals surface area contributed by atoms with Gasteiger partial charge in [-0.15, -0.1) is 0 Å². The summed E-state index contributed by atoms with van der Waals surface area (Å²) in [6.07, 6.45) is -0.935. The largest absolute Gasteiger partial charge is 0.390 e. The fourth-order valence-electron chi connectivity index (χ4n) is 1.67. The third-order valence-corrected chi connectivity index (χ3v) is 2.48. The average Bonchev–Trinajstić information content (AvgIpc) is 2.29. The molecule has 0 bridgehead atoms. The number of hydrogen-bond acceptors (Lipinski definition) is 4. The first-order valence-corrected chi connectivity index (χ1v) is 5.86. The van der Waals surface area contributed by atoms with E-state index in [0.29, 0.717) is 19.6 Å². The minimum atomic E-state index is -0.525. The molecule has 17 heavy (non-hydrogen) atoms. The van der Waals surface area contributed by atoms with Gasteiger partial charge in [0.15, 0.2) is 0 Å². The monoisotopic (exact) mass is 238 g/mol. The maximum absolute atomic E-state index is 9.86. The topological polar surface area (TPSA) is 55.7 Å². The molecular formula is C13H22N2O2. The molecule has 0 spiro atoms. The van der Waals surface area contributed by atoms with Crippen molar-refractivity contribution >= 4 is 0 Å². The van der Waals surface area contributed by atoms with Crippen LogP contribution in [0.15, 0.2) is 30.3 Å². The van der Waals surface area contributed by atoms with E-state index in [4.69, 9.17) is 0 Å². The molecule has 0 radical (unpaired) electrons. The molecule has 0 heterocycles. The van der Waals surface area contributed by atoms with E-state index in [1.807, 2.05) is 49.3 Å². The second-order valence-corrected chi connectivity index (χ2v) is 4.50. The maximum Gasteiger partial charge on any atom is 0.0914 e. The number of benzene rings is 1. The minimum Gasteiger partial charge on any atom is -0.390 e. The zero-order valence-corrected chi connectivity index (χ0v) is 10.5. The Kier molecular flexibility index (Phi) is 6.15. The van der Waals surface area contributed by atoms with Gasteiger partial charge in [0, 0.05) is 19.6 Å². The summed E-state index contributed by atoms with van der Waals surface area (Å²) in [6, 6.07) is 9.51. The summed E-state index contributed by atoms with van der Waals surface area (Å²) in [7, 11) is 3.84. The molecule has 0 fully saturated rings. The number of rotatable bonds is 7. The molecule has 0 amide bonds. The molecule has 4 nitrogen and oxygen atoms in total. The molecule has 96 valence electrons. The van der Waals surface area contributed by atoms with Gasteiger partial charge in [-0.05, 0) is 19.7 Å². The molecule has 2 atom stereocenters. The maximum atomic E-state index is 9.86. The van der Waals surface area contributed by atoms with Crippen LogP contribution in [0.3, 0.4) is 0 Å². The lowest BCUT2D eigenvalue weighted by atomic mass is 10.1. The summed E-state index contributed by atoms with van der Waals surface area (Å²) in [5.41, 5.74) is 0.891. The highest BCUT2D eigenvalue weighted by Gasteiger charge is 2.08. The molecule has 0 aromatic heterocycles. The van der Waals surface area contributed by atoms with E-state index in [1.54, 1.807) is 0 Å². The van der Waals surface area contributed by atoms with Gasteiger partial charge in [0.05, 0.1) is 12.2 Å². The van der Waals surface area contributed by atoms with Gasteiger partial charge in [-0.3, -0.25) is 0 Å². The lowest BCUT2D eigenvalue weighted by Gasteiger charge is -2.18. The van der Waals surface area contributed by atoms with Crippen LogP contribution < -0.4 is 5.32 Å². The lowest BCUT2D eigenvalue weighted by molar-refractivity contribution is 0.123. The Bertz CT molecular complexity index is 304. The van der Waals surface area contributed by atoms with E-state index in [-0.39, 0.29) is 0 Å². The predicted molar refractivity (Wildman–Crippen MR) is 68.8 cm³/mol. The van der Waals surface area contributed by atoms with Gasteiger partial charge < -0.3 is 20.4 Å². The van der Waals surface area contributed by atoms with Crippen molar-refractivity contribution in [3.63, 3.8) is 0 Å². The summed E-state index contributed by atoms with van der Waals surface area (Å²) < 4.78 is 0. The van der Waals surface area contributed by atoms with Crippen molar-refractivity contribution in [2.75, 3.05) is 33.7 Å². The van der Waals surface area contributed by atoms with Crippen LogP contribution in [0.25, 0.3) is 0 Å². The number of nitrogens with one attached hydrogen (secondary N) is 1. The summed E-state index contributed by atoms with van der Waals surface area (Å²) in [5, 5.41) is 22.5. The summed E-state index contributed by atoms with van der Waals surface area (Å²) in [5.74, 6) is 0. The zero-order chi connectivity index (χ0) is 12.7. The van der Waals surface area contributed by atoms with Crippen molar-refractivity contribution in [3.05, 3.63) is 35.9 Å². The van der Waals surface area contributed by atoms with Crippen LogP contribution in [0.4, 0.5) is 0 Å². The zero-order valence-electron chi connectivity index (χ0n) is 10.5. The normalized spacial score (nSPS) is 14.9. The minimum absolute atomic E-state index is 0.409. The molecule has 0 aliphatic rings. The standard InChI is InChI=1S/C13H22N2O2/c1-15(2)10-12(16)8-14-9-13(17)11-6-4-3-5-7-11/h3-7,12-14,16-17H,8-10H2,1-2H3. The molecule has 4 heteroatoms. The second kappa shape index (κ2) is 7.40. The Labute approximate surface area is 103 Å². The fraction of sp³-hybridized carbons (Fsp3) is 0.538. The van der Waals surface area contributed by atoms with Crippen molar-refractivity contribution in [3.8, 4) is 0 Å². The lowest BCUT2D eigenvalue weighted by Crippen LogP contribution is -2.36. The van der Waals surface area contributed by atoms with E-state index in [1.165, 1.54) is 0 Å². The molecule has 0 saturated heterocycles. The first-order valence-electron chi connectivity index (χ1n) is 5.86. The number of aliphatic hydroxyl groups excluding tert-OH is 2. The highest BCUT2D eigenvalue weighted by Crippen LogP contribution is 2.10. The molecule has 0 aliphatic carbocycles. The SMILES string of the molecule is CN(C)CC(O)CNCC(O)c1ccccc1. The van der Waals surface area contributed by atoms with Crippen LogP contribution in [0.5, 0.6) is 0 Å². The van der Waals surface area contributed by atoms with Crippen LogP contribution in [0.1, 0.15) is 11.7 Å². The quantitative estimate of drug-likeness (QED) is 0.636. The summed E-state index contributed by atoms with van der Waals surface area (Å²) >= 11 is 0. The average molecular weight is 238 g/mol. The number of hydrogen-bond donors (Lipinski definition) is 3. The predicted octanol–water partition coefficient (Wildman–Crippen LogP) is 0.232. The van der Waals surface area contributed by atoms with Gasteiger partial charge in [0.1, 0.15) is 0 Å². The van der Waals surface area contributed by atoms with Crippen molar-refractivity contribution < 1.29 is 10.2 Å². The number of nitrogens with zero attached hydrogens (tertiary/aromatic N) is 1. The highest BCUT2D eigenvalue weighted by molar-refractivity contribution is 5.17. The highest BCUT2D eigenvalue weighted by atomic mass is 16.3. The third-order valence-electron chi connectivity index (χ3n) is 2.48. The Balaban J connectivity index is 2.23. The number of aliphatic hydroxyl groups is 2. The Morgan fingerprint density at radius 3 is 2.35 bits per heavy atom. The van der Waals surface area contributed by atoms with E-state index in [0.717, 1.165) is 5.56 Å². The Hall–Kier alpha value is -0.940. The fourth-order valence-corrected chi connectivity index (χ4v) is 1.67. The van der Waals surface area contributed by atoms with E-state index >= 15 is 0 Å². The van der Waals surface area contributed by atoms with Gasteiger partial charge in [0.2, 0.25) is 0 Å². The molecule has 3 N–H and O–H groups in total. The van der Waals surface area contributed by atoms with Gasteiger partial charge in [0.25, 0.3) is 0 Å². The number of likely N-dealkylation sites (N-methyl/N-ethyl adjacent to an activating group) is 1. The Morgan fingerprint density at radius 1 is 1.12 bits per heavy atom. The van der Waals surface area contributed by atoms with E-state index in [9.17, 15) is 10.2 Å². The first kappa shape index (κ1) is 14.1. The molecule has 0 aliphatic heterocycles. The van der Waals surface area contributed by atoms with Crippen molar-refractivity contribution in [1.82, 2.24) is 10.2 Å². The molecule has 0 saturated carbocycles. The van der Waals surface area contributed by atoms with E-state index in [2.05, 4.69) is 5.32 Å². The van der Waals surface area contributed by atoms with Gasteiger partial charge >= 0.3 is 0 Å². The van der Waals surface area contributed by atoms with Gasteiger partial charge in [-0.1, -0.05) is 30.3 Å². The van der Waals surface area contributed by atoms with Crippen LogP contribution in [-0.4, -0.2) is 54.9 Å². The molecule has 1 aromatic rings. The van der Waals surface area contributed by atoms with Crippen molar-refractivity contribution in [2.45, 2.75) is 12.2 Å². The second-order valence-electron chi connectivity index (χ2n) is 4.50. The Morgan fingerprint density at radius 2 is 1.76 bits per heavy atom. The summed E-state index contributed by atoms with van der Waals surface area (Å²) in [4.78, 5) is 1.93. The van der Waals surface area contributed by atoms with Crippen LogP contribution in [0, 0.1) is 0 Å². The van der Waals surface area contributed by atoms with Crippen LogP contribution >= 0.6 is 0 Å². The van der Waals surface area contributed by atoms with Crippen LogP contribution in [-0.2, 0) is 0 Å². The van der Waals surface area contributed by atoms with Crippen molar-refractivity contribution in [2.24, 2.45) is 0 Å².